The molecule has 0 spiro atoms. The summed E-state index contributed by atoms with van der Waals surface area (Å²) in [5, 5.41) is 16.0. The fourth-order valence-electron chi connectivity index (χ4n) is 3.05. The van der Waals surface area contributed by atoms with E-state index in [9.17, 15) is 14.7 Å². The van der Waals surface area contributed by atoms with Crippen molar-refractivity contribution in [1.29, 1.82) is 0 Å². The first-order valence-electron chi connectivity index (χ1n) is 8.40. The van der Waals surface area contributed by atoms with Crippen molar-refractivity contribution in [3.05, 3.63) is 0 Å². The quantitative estimate of drug-likeness (QED) is 0.701. The molecule has 2 fully saturated rings. The van der Waals surface area contributed by atoms with E-state index in [4.69, 9.17) is 4.74 Å². The number of ether oxygens (including phenoxy) is 1. The van der Waals surface area contributed by atoms with Gasteiger partial charge in [0.2, 0.25) is 5.91 Å². The summed E-state index contributed by atoms with van der Waals surface area (Å²) in [5.74, 6) is 0.0281. The molecule has 0 aromatic heterocycles. The zero-order valence-electron chi connectivity index (χ0n) is 14.3. The first kappa shape index (κ1) is 18.0. The average molecular weight is 327 g/mol. The van der Waals surface area contributed by atoms with Crippen molar-refractivity contribution in [1.82, 2.24) is 15.5 Å². The zero-order chi connectivity index (χ0) is 17.0. The molecule has 0 aromatic rings. The van der Waals surface area contributed by atoms with Crippen molar-refractivity contribution >= 4 is 12.0 Å². The van der Waals surface area contributed by atoms with Crippen LogP contribution in [0.3, 0.4) is 0 Å². The van der Waals surface area contributed by atoms with Gasteiger partial charge in [-0.05, 0) is 40.2 Å². The topological polar surface area (TPSA) is 90.9 Å². The van der Waals surface area contributed by atoms with E-state index < -0.39 is 17.8 Å². The molecule has 2 saturated heterocycles. The van der Waals surface area contributed by atoms with Gasteiger partial charge in [0.1, 0.15) is 5.60 Å². The van der Waals surface area contributed by atoms with Crippen molar-refractivity contribution < 1.29 is 19.4 Å². The maximum absolute atomic E-state index is 12.4. The van der Waals surface area contributed by atoms with Crippen LogP contribution in [0, 0.1) is 5.92 Å². The number of amides is 2. The monoisotopic (exact) mass is 327 g/mol. The number of nitrogens with one attached hydrogen (secondary N) is 2. The second-order valence-electron chi connectivity index (χ2n) is 7.50. The molecule has 3 atom stereocenters. The van der Waals surface area contributed by atoms with Gasteiger partial charge in [-0.2, -0.15) is 0 Å². The summed E-state index contributed by atoms with van der Waals surface area (Å²) in [6.07, 6.45) is 0.937. The molecule has 2 amide bonds. The van der Waals surface area contributed by atoms with E-state index in [2.05, 4.69) is 10.6 Å². The number of hydrogen-bond acceptors (Lipinski definition) is 5. The number of rotatable bonds is 3. The van der Waals surface area contributed by atoms with Gasteiger partial charge in [-0.3, -0.25) is 4.79 Å². The summed E-state index contributed by atoms with van der Waals surface area (Å²) in [4.78, 5) is 25.9. The molecule has 3 N–H and O–H groups in total. The number of alkyl carbamates (subject to hydrolysis) is 1. The number of likely N-dealkylation sites (tertiary alicyclic amines) is 1. The molecule has 2 unspecified atom stereocenters. The highest BCUT2D eigenvalue weighted by Crippen LogP contribution is 2.19. The average Bonchev–Trinajstić information content (AvgIpc) is 2.87. The van der Waals surface area contributed by atoms with Gasteiger partial charge in [0.25, 0.3) is 0 Å². The summed E-state index contributed by atoms with van der Waals surface area (Å²) in [7, 11) is 0. The molecule has 2 aliphatic heterocycles. The summed E-state index contributed by atoms with van der Waals surface area (Å²) in [5.41, 5.74) is -0.525. The highest BCUT2D eigenvalue weighted by molar-refractivity contribution is 5.77. The first-order chi connectivity index (χ1) is 10.7. The summed E-state index contributed by atoms with van der Waals surface area (Å²) >= 11 is 0. The van der Waals surface area contributed by atoms with Crippen LogP contribution in [-0.4, -0.2) is 65.9 Å². The van der Waals surface area contributed by atoms with E-state index in [1.807, 2.05) is 20.8 Å². The Morgan fingerprint density at radius 3 is 2.74 bits per heavy atom. The predicted molar refractivity (Wildman–Crippen MR) is 86.0 cm³/mol. The van der Waals surface area contributed by atoms with Gasteiger partial charge in [-0.15, -0.1) is 0 Å². The van der Waals surface area contributed by atoms with Gasteiger partial charge >= 0.3 is 6.09 Å². The van der Waals surface area contributed by atoms with Crippen LogP contribution in [0.2, 0.25) is 0 Å². The molecule has 0 radical (unpaired) electrons. The van der Waals surface area contributed by atoms with E-state index in [1.54, 1.807) is 4.90 Å². The van der Waals surface area contributed by atoms with E-state index in [0.717, 1.165) is 13.0 Å². The number of aliphatic hydroxyl groups is 1. The van der Waals surface area contributed by atoms with E-state index in [0.29, 0.717) is 32.5 Å². The second kappa shape index (κ2) is 7.49. The Morgan fingerprint density at radius 2 is 2.09 bits per heavy atom. The summed E-state index contributed by atoms with van der Waals surface area (Å²) < 4.78 is 5.24. The second-order valence-corrected chi connectivity index (χ2v) is 7.50. The number of carbonyl (C=O) groups excluding carboxylic acids is 2. The van der Waals surface area contributed by atoms with Crippen LogP contribution in [0.25, 0.3) is 0 Å². The van der Waals surface area contributed by atoms with E-state index >= 15 is 0 Å². The molecule has 0 bridgehead atoms. The molecule has 0 aliphatic carbocycles. The lowest BCUT2D eigenvalue weighted by atomic mass is 9.92. The third-order valence-electron chi connectivity index (χ3n) is 4.27. The third-order valence-corrected chi connectivity index (χ3v) is 4.27. The largest absolute Gasteiger partial charge is 0.444 e. The Morgan fingerprint density at radius 1 is 1.35 bits per heavy atom. The lowest BCUT2D eigenvalue weighted by Crippen LogP contribution is -2.44. The zero-order valence-corrected chi connectivity index (χ0v) is 14.3. The van der Waals surface area contributed by atoms with Crippen LogP contribution < -0.4 is 10.6 Å². The van der Waals surface area contributed by atoms with Crippen LogP contribution in [0.1, 0.15) is 40.0 Å². The van der Waals surface area contributed by atoms with Crippen LogP contribution in [0.15, 0.2) is 0 Å². The minimum absolute atomic E-state index is 0.0193. The minimum atomic E-state index is -0.525. The van der Waals surface area contributed by atoms with Gasteiger partial charge < -0.3 is 25.4 Å². The Hall–Kier alpha value is -1.34. The summed E-state index contributed by atoms with van der Waals surface area (Å²) in [6, 6.07) is -0.0665. The Kier molecular flexibility index (Phi) is 5.86. The minimum Gasteiger partial charge on any atom is -0.444 e. The van der Waals surface area contributed by atoms with Crippen LogP contribution in [-0.2, 0) is 9.53 Å². The molecule has 2 aliphatic rings. The van der Waals surface area contributed by atoms with E-state index in [1.165, 1.54) is 0 Å². The van der Waals surface area contributed by atoms with Gasteiger partial charge in [0, 0.05) is 32.0 Å². The maximum Gasteiger partial charge on any atom is 0.407 e. The van der Waals surface area contributed by atoms with Crippen molar-refractivity contribution in [2.24, 2.45) is 5.92 Å². The predicted octanol–water partition coefficient (Wildman–Crippen LogP) is 0.473. The number of piperidine rings is 1. The van der Waals surface area contributed by atoms with Crippen molar-refractivity contribution in [2.75, 3.05) is 26.2 Å². The number of carbonyl (C=O) groups is 2. The van der Waals surface area contributed by atoms with Crippen LogP contribution >= 0.6 is 0 Å². The number of hydrogen-bond donors (Lipinski definition) is 3. The molecule has 132 valence electrons. The Balaban J connectivity index is 1.75. The normalized spacial score (nSPS) is 28.5. The fourth-order valence-corrected chi connectivity index (χ4v) is 3.05. The number of aliphatic hydroxyl groups excluding tert-OH is 1. The lowest BCUT2D eigenvalue weighted by molar-refractivity contribution is -0.132. The third kappa shape index (κ3) is 5.66. The Bertz CT molecular complexity index is 436. The first-order valence-corrected chi connectivity index (χ1v) is 8.40. The smallest absolute Gasteiger partial charge is 0.407 e. The highest BCUT2D eigenvalue weighted by atomic mass is 16.6. The van der Waals surface area contributed by atoms with Crippen LogP contribution in [0.5, 0.6) is 0 Å². The van der Waals surface area contributed by atoms with Gasteiger partial charge in [-0.25, -0.2) is 4.79 Å². The molecule has 0 saturated carbocycles. The van der Waals surface area contributed by atoms with Gasteiger partial charge in [0.15, 0.2) is 0 Å². The maximum atomic E-state index is 12.4. The van der Waals surface area contributed by atoms with E-state index in [-0.39, 0.29) is 17.9 Å². The molecule has 7 heteroatoms. The van der Waals surface area contributed by atoms with Gasteiger partial charge in [-0.1, -0.05) is 0 Å². The van der Waals surface area contributed by atoms with Crippen LogP contribution in [0.4, 0.5) is 4.79 Å². The fraction of sp³-hybridized carbons (Fsp3) is 0.875. The standard InChI is InChI=1S/C16H29N3O4/c1-16(2,3)23-15(22)18-12-5-7-19(10-12)14(21)8-11-9-17-6-4-13(11)20/h11-13,17,20H,4-10H2,1-3H3,(H,18,22)/t11?,12?,13-/m1/s1. The van der Waals surface area contributed by atoms with Gasteiger partial charge in [0.05, 0.1) is 12.1 Å². The molecule has 7 nitrogen and oxygen atoms in total. The molecule has 2 heterocycles. The highest BCUT2D eigenvalue weighted by Gasteiger charge is 2.32. The van der Waals surface area contributed by atoms with Crippen molar-refractivity contribution in [3.63, 3.8) is 0 Å². The molecule has 23 heavy (non-hydrogen) atoms. The molecular weight excluding hydrogens is 298 g/mol. The molecule has 0 aromatic carbocycles. The molecule has 2 rings (SSSR count). The van der Waals surface area contributed by atoms with Crippen molar-refractivity contribution in [3.8, 4) is 0 Å². The SMILES string of the molecule is CC(C)(C)OC(=O)NC1CCN(C(=O)CC2CNCC[C@H]2O)C1. The number of nitrogens with zero attached hydrogens (tertiary/aromatic N) is 1. The Labute approximate surface area is 137 Å². The molecular formula is C16H29N3O4. The van der Waals surface area contributed by atoms with Crippen molar-refractivity contribution in [2.45, 2.75) is 57.8 Å². The summed E-state index contributed by atoms with van der Waals surface area (Å²) in [6.45, 7) is 8.09. The lowest BCUT2D eigenvalue weighted by Gasteiger charge is -2.29.